The van der Waals surface area contributed by atoms with E-state index in [1.54, 1.807) is 0 Å². The summed E-state index contributed by atoms with van der Waals surface area (Å²) in [6, 6.07) is -0.0678. The fourth-order valence-electron chi connectivity index (χ4n) is 3.31. The molecule has 0 unspecified atom stereocenters. The van der Waals surface area contributed by atoms with Crippen molar-refractivity contribution in [1.29, 1.82) is 0 Å². The molecule has 1 amide bonds. The summed E-state index contributed by atoms with van der Waals surface area (Å²) in [5.74, 6) is 0.769. The van der Waals surface area contributed by atoms with Crippen LogP contribution in [0.3, 0.4) is 0 Å². The maximum Gasteiger partial charge on any atom is 0.236 e. The molecule has 2 heterocycles. The zero-order valence-electron chi connectivity index (χ0n) is 13.0. The minimum Gasteiger partial charge on any atom is -0.341 e. The summed E-state index contributed by atoms with van der Waals surface area (Å²) < 4.78 is 25.3. The number of sulfonamides is 1. The van der Waals surface area contributed by atoms with Crippen molar-refractivity contribution in [2.75, 3.05) is 39.0 Å². The Morgan fingerprint density at radius 2 is 1.90 bits per heavy atom. The van der Waals surface area contributed by atoms with Crippen molar-refractivity contribution in [3.05, 3.63) is 0 Å². The van der Waals surface area contributed by atoms with Gasteiger partial charge in [0.2, 0.25) is 15.9 Å². The molecule has 0 radical (unpaired) electrons. The van der Waals surface area contributed by atoms with Crippen molar-refractivity contribution < 1.29 is 13.2 Å². The first kappa shape index (κ1) is 16.7. The third kappa shape index (κ3) is 5.56. The summed E-state index contributed by atoms with van der Waals surface area (Å²) in [5.41, 5.74) is 0. The van der Waals surface area contributed by atoms with Gasteiger partial charge >= 0.3 is 0 Å². The molecule has 2 aliphatic rings. The Labute approximate surface area is 127 Å². The van der Waals surface area contributed by atoms with E-state index in [1.165, 1.54) is 12.7 Å². The van der Waals surface area contributed by atoms with E-state index < -0.39 is 10.0 Å². The van der Waals surface area contributed by atoms with Crippen LogP contribution in [-0.4, -0.2) is 69.1 Å². The first-order valence-corrected chi connectivity index (χ1v) is 9.70. The Kier molecular flexibility index (Phi) is 5.62. The van der Waals surface area contributed by atoms with Crippen LogP contribution in [0, 0.1) is 5.92 Å². The van der Waals surface area contributed by atoms with Crippen LogP contribution in [0.15, 0.2) is 0 Å². The van der Waals surface area contributed by atoms with Crippen LogP contribution in [0.4, 0.5) is 0 Å². The van der Waals surface area contributed by atoms with E-state index in [0.717, 1.165) is 38.9 Å². The van der Waals surface area contributed by atoms with Crippen LogP contribution < -0.4 is 4.72 Å². The molecule has 0 aromatic rings. The molecule has 7 heteroatoms. The van der Waals surface area contributed by atoms with Crippen molar-refractivity contribution in [1.82, 2.24) is 14.5 Å². The van der Waals surface area contributed by atoms with Gasteiger partial charge in [0.05, 0.1) is 12.8 Å². The quantitative estimate of drug-likeness (QED) is 0.807. The van der Waals surface area contributed by atoms with Crippen LogP contribution in [0.1, 0.15) is 32.6 Å². The smallest absolute Gasteiger partial charge is 0.236 e. The van der Waals surface area contributed by atoms with Crippen LogP contribution in [0.2, 0.25) is 0 Å². The summed E-state index contributed by atoms with van der Waals surface area (Å²) >= 11 is 0. The molecule has 122 valence electrons. The van der Waals surface area contributed by atoms with Gasteiger partial charge in [-0.2, -0.15) is 0 Å². The van der Waals surface area contributed by atoms with E-state index in [9.17, 15) is 13.2 Å². The Morgan fingerprint density at radius 1 is 1.19 bits per heavy atom. The van der Waals surface area contributed by atoms with Crippen LogP contribution in [0.5, 0.6) is 0 Å². The summed E-state index contributed by atoms with van der Waals surface area (Å²) in [6.45, 7) is 5.82. The standard InChI is InChI=1S/C14H27N3O3S/c1-12-5-3-8-17(9-12)14(18)11-16-7-4-6-13(10-16)15-21(2,19)20/h12-13,15H,3-11H2,1-2H3/t12-,13-/m0/s1. The summed E-state index contributed by atoms with van der Waals surface area (Å²) in [7, 11) is -3.18. The average Bonchev–Trinajstić information content (AvgIpc) is 2.37. The van der Waals surface area contributed by atoms with Gasteiger partial charge in [-0.25, -0.2) is 13.1 Å². The van der Waals surface area contributed by atoms with Gasteiger partial charge in [0.15, 0.2) is 0 Å². The molecule has 2 atom stereocenters. The van der Waals surface area contributed by atoms with Crippen LogP contribution in [-0.2, 0) is 14.8 Å². The van der Waals surface area contributed by atoms with Crippen molar-refractivity contribution >= 4 is 15.9 Å². The molecule has 21 heavy (non-hydrogen) atoms. The number of hydrogen-bond acceptors (Lipinski definition) is 4. The van der Waals surface area contributed by atoms with Gasteiger partial charge in [0.25, 0.3) is 0 Å². The Morgan fingerprint density at radius 3 is 2.57 bits per heavy atom. The number of likely N-dealkylation sites (tertiary alicyclic amines) is 2. The fraction of sp³-hybridized carbons (Fsp3) is 0.929. The van der Waals surface area contributed by atoms with Gasteiger partial charge in [-0.05, 0) is 38.1 Å². The number of hydrogen-bond donors (Lipinski definition) is 1. The maximum atomic E-state index is 12.3. The lowest BCUT2D eigenvalue weighted by molar-refractivity contribution is -0.134. The molecule has 0 aromatic heterocycles. The van der Waals surface area contributed by atoms with E-state index in [2.05, 4.69) is 16.5 Å². The molecular weight excluding hydrogens is 290 g/mol. The Balaban J connectivity index is 1.83. The molecule has 0 aromatic carbocycles. The van der Waals surface area contributed by atoms with Crippen LogP contribution >= 0.6 is 0 Å². The molecule has 0 aliphatic carbocycles. The summed E-state index contributed by atoms with van der Waals surface area (Å²) in [6.07, 6.45) is 5.25. The average molecular weight is 317 g/mol. The largest absolute Gasteiger partial charge is 0.341 e. The van der Waals surface area contributed by atoms with Crippen molar-refractivity contribution in [3.63, 3.8) is 0 Å². The van der Waals surface area contributed by atoms with Gasteiger partial charge in [-0.15, -0.1) is 0 Å². The van der Waals surface area contributed by atoms with E-state index in [-0.39, 0.29) is 11.9 Å². The number of rotatable bonds is 4. The highest BCUT2D eigenvalue weighted by atomic mass is 32.2. The predicted octanol–water partition coefficient (Wildman–Crippen LogP) is 0.259. The SMILES string of the molecule is C[C@H]1CCCN(C(=O)CN2CCC[C@H](NS(C)(=O)=O)C2)C1. The lowest BCUT2D eigenvalue weighted by Crippen LogP contribution is -2.51. The molecule has 2 fully saturated rings. The van der Waals surface area contributed by atoms with E-state index in [1.807, 2.05) is 4.90 Å². The molecule has 2 saturated heterocycles. The normalized spacial score (nSPS) is 28.6. The van der Waals surface area contributed by atoms with Gasteiger partial charge < -0.3 is 4.90 Å². The first-order valence-electron chi connectivity index (χ1n) is 7.81. The second-order valence-electron chi connectivity index (χ2n) is 6.55. The van der Waals surface area contributed by atoms with Crippen molar-refractivity contribution in [2.24, 2.45) is 5.92 Å². The zero-order chi connectivity index (χ0) is 15.5. The minimum absolute atomic E-state index is 0.0678. The molecule has 0 spiro atoms. The molecular formula is C14H27N3O3S. The van der Waals surface area contributed by atoms with Crippen LogP contribution in [0.25, 0.3) is 0 Å². The highest BCUT2D eigenvalue weighted by Crippen LogP contribution is 2.16. The molecule has 6 nitrogen and oxygen atoms in total. The fourth-order valence-corrected chi connectivity index (χ4v) is 4.10. The van der Waals surface area contributed by atoms with E-state index in [4.69, 9.17) is 0 Å². The zero-order valence-corrected chi connectivity index (χ0v) is 13.9. The summed E-state index contributed by atoms with van der Waals surface area (Å²) in [4.78, 5) is 16.4. The first-order chi connectivity index (χ1) is 9.83. The van der Waals surface area contributed by atoms with E-state index >= 15 is 0 Å². The molecule has 0 bridgehead atoms. The minimum atomic E-state index is -3.18. The number of piperidine rings is 2. The Bertz CT molecular complexity index is 466. The second-order valence-corrected chi connectivity index (χ2v) is 8.33. The van der Waals surface area contributed by atoms with Crippen molar-refractivity contribution in [3.8, 4) is 0 Å². The summed E-state index contributed by atoms with van der Waals surface area (Å²) in [5, 5.41) is 0. The number of carbonyl (C=O) groups is 1. The third-order valence-electron chi connectivity index (χ3n) is 4.25. The number of nitrogens with zero attached hydrogens (tertiary/aromatic N) is 2. The maximum absolute atomic E-state index is 12.3. The highest BCUT2D eigenvalue weighted by Gasteiger charge is 2.26. The van der Waals surface area contributed by atoms with Gasteiger partial charge in [-0.1, -0.05) is 6.92 Å². The molecule has 2 aliphatic heterocycles. The van der Waals surface area contributed by atoms with Gasteiger partial charge in [0, 0.05) is 25.7 Å². The topological polar surface area (TPSA) is 69.7 Å². The molecule has 0 saturated carbocycles. The number of nitrogens with one attached hydrogen (secondary N) is 1. The number of carbonyl (C=O) groups excluding carboxylic acids is 1. The van der Waals surface area contributed by atoms with Crippen molar-refractivity contribution in [2.45, 2.75) is 38.6 Å². The lowest BCUT2D eigenvalue weighted by Gasteiger charge is -2.36. The molecule has 1 N–H and O–H groups in total. The number of amides is 1. The monoisotopic (exact) mass is 317 g/mol. The van der Waals surface area contributed by atoms with Gasteiger partial charge in [-0.3, -0.25) is 9.69 Å². The van der Waals surface area contributed by atoms with Gasteiger partial charge in [0.1, 0.15) is 0 Å². The van der Waals surface area contributed by atoms with E-state index in [0.29, 0.717) is 19.0 Å². The highest BCUT2D eigenvalue weighted by molar-refractivity contribution is 7.88. The second kappa shape index (κ2) is 7.07. The molecule has 2 rings (SSSR count). The Hall–Kier alpha value is -0.660. The lowest BCUT2D eigenvalue weighted by atomic mass is 10.00. The third-order valence-corrected chi connectivity index (χ3v) is 5.02. The predicted molar refractivity (Wildman–Crippen MR) is 82.4 cm³/mol.